The predicted molar refractivity (Wildman–Crippen MR) is 80.1 cm³/mol. The average molecular weight is 305 g/mol. The highest BCUT2D eigenvalue weighted by Gasteiger charge is 2.50. The molecule has 1 fully saturated rings. The number of carbonyl (C=O) groups is 1. The van der Waals surface area contributed by atoms with Crippen LogP contribution in [0.2, 0.25) is 0 Å². The summed E-state index contributed by atoms with van der Waals surface area (Å²) >= 11 is 0. The lowest BCUT2D eigenvalue weighted by Gasteiger charge is -2.37. The van der Waals surface area contributed by atoms with Crippen molar-refractivity contribution in [3.05, 3.63) is 0 Å². The first-order chi connectivity index (χ1) is 9.07. The molecule has 1 aliphatic rings. The SMILES string of the molecule is CC(C)NC(CN(C)CCS(C)(=O)=O)(C(N)=O)C1CC1. The maximum atomic E-state index is 12.0. The molecule has 0 saturated heterocycles. The Kier molecular flexibility index (Phi) is 5.57. The highest BCUT2D eigenvalue weighted by molar-refractivity contribution is 7.90. The topological polar surface area (TPSA) is 92.5 Å². The zero-order valence-electron chi connectivity index (χ0n) is 12.8. The Labute approximate surface area is 122 Å². The van der Waals surface area contributed by atoms with Crippen LogP contribution in [0, 0.1) is 5.92 Å². The summed E-state index contributed by atoms with van der Waals surface area (Å²) in [6.45, 7) is 4.81. The largest absolute Gasteiger partial charge is 0.368 e. The van der Waals surface area contributed by atoms with Crippen molar-refractivity contribution in [1.29, 1.82) is 0 Å². The van der Waals surface area contributed by atoms with Crippen molar-refractivity contribution in [1.82, 2.24) is 10.2 Å². The molecule has 1 aliphatic carbocycles. The van der Waals surface area contributed by atoms with Gasteiger partial charge in [0.05, 0.1) is 5.75 Å². The normalized spacial score (nSPS) is 19.3. The van der Waals surface area contributed by atoms with Gasteiger partial charge in [0.25, 0.3) is 0 Å². The van der Waals surface area contributed by atoms with Crippen LogP contribution in [0.5, 0.6) is 0 Å². The second kappa shape index (κ2) is 6.41. The minimum Gasteiger partial charge on any atom is -0.368 e. The summed E-state index contributed by atoms with van der Waals surface area (Å²) in [5.41, 5.74) is 4.90. The van der Waals surface area contributed by atoms with E-state index in [1.807, 2.05) is 25.8 Å². The summed E-state index contributed by atoms with van der Waals surface area (Å²) in [5.74, 6) is -0.00647. The smallest absolute Gasteiger partial charge is 0.239 e. The molecule has 3 N–H and O–H groups in total. The van der Waals surface area contributed by atoms with E-state index in [0.29, 0.717) is 13.1 Å². The summed E-state index contributed by atoms with van der Waals surface area (Å²) in [5, 5.41) is 3.32. The number of likely N-dealkylation sites (N-methyl/N-ethyl adjacent to an activating group) is 1. The first kappa shape index (κ1) is 17.4. The Morgan fingerprint density at radius 1 is 1.45 bits per heavy atom. The van der Waals surface area contributed by atoms with E-state index >= 15 is 0 Å². The number of amides is 1. The monoisotopic (exact) mass is 305 g/mol. The molecule has 0 radical (unpaired) electrons. The number of nitrogens with two attached hydrogens (primary N) is 1. The fraction of sp³-hybridized carbons (Fsp3) is 0.923. The van der Waals surface area contributed by atoms with Gasteiger partial charge < -0.3 is 10.6 Å². The Hall–Kier alpha value is -0.660. The lowest BCUT2D eigenvalue weighted by molar-refractivity contribution is -0.126. The lowest BCUT2D eigenvalue weighted by atomic mass is 9.90. The predicted octanol–water partition coefficient (Wildman–Crippen LogP) is -0.405. The molecule has 118 valence electrons. The van der Waals surface area contributed by atoms with Gasteiger partial charge in [-0.1, -0.05) is 0 Å². The molecule has 7 heteroatoms. The number of primary amides is 1. The highest BCUT2D eigenvalue weighted by Crippen LogP contribution is 2.40. The number of hydrogen-bond acceptors (Lipinski definition) is 5. The minimum atomic E-state index is -3.00. The number of nitrogens with one attached hydrogen (secondary N) is 1. The molecular weight excluding hydrogens is 278 g/mol. The van der Waals surface area contributed by atoms with Gasteiger partial charge in [-0.05, 0) is 39.7 Å². The first-order valence-corrected chi connectivity index (χ1v) is 9.07. The summed E-state index contributed by atoms with van der Waals surface area (Å²) in [7, 11) is -1.17. The van der Waals surface area contributed by atoms with Crippen molar-refractivity contribution in [2.45, 2.75) is 38.3 Å². The summed E-state index contributed by atoms with van der Waals surface area (Å²) < 4.78 is 22.5. The molecule has 1 atom stereocenters. The molecule has 6 nitrogen and oxygen atoms in total. The van der Waals surface area contributed by atoms with Crippen molar-refractivity contribution in [2.75, 3.05) is 32.1 Å². The van der Waals surface area contributed by atoms with E-state index in [9.17, 15) is 13.2 Å². The zero-order valence-corrected chi connectivity index (χ0v) is 13.7. The highest BCUT2D eigenvalue weighted by atomic mass is 32.2. The van der Waals surface area contributed by atoms with Crippen molar-refractivity contribution in [3.8, 4) is 0 Å². The van der Waals surface area contributed by atoms with Crippen LogP contribution < -0.4 is 11.1 Å². The van der Waals surface area contributed by atoms with Gasteiger partial charge in [-0.25, -0.2) is 8.42 Å². The third-order valence-electron chi connectivity index (χ3n) is 3.62. The Morgan fingerprint density at radius 3 is 2.35 bits per heavy atom. The molecule has 1 saturated carbocycles. The van der Waals surface area contributed by atoms with Crippen molar-refractivity contribution >= 4 is 15.7 Å². The fourth-order valence-corrected chi connectivity index (χ4v) is 3.20. The summed E-state index contributed by atoms with van der Waals surface area (Å²) in [4.78, 5) is 13.9. The standard InChI is InChI=1S/C13H27N3O3S/c1-10(2)15-13(12(14)17,11-5-6-11)9-16(3)7-8-20(4,18)19/h10-11,15H,5-9H2,1-4H3,(H2,14,17). The van der Waals surface area contributed by atoms with Gasteiger partial charge in [0.1, 0.15) is 15.4 Å². The Morgan fingerprint density at radius 2 is 2.00 bits per heavy atom. The molecule has 20 heavy (non-hydrogen) atoms. The molecule has 1 unspecified atom stereocenters. The van der Waals surface area contributed by atoms with Crippen molar-refractivity contribution < 1.29 is 13.2 Å². The van der Waals surface area contributed by atoms with Crippen LogP contribution in [0.4, 0.5) is 0 Å². The Bertz CT molecular complexity index is 446. The molecule has 1 amide bonds. The summed E-state index contributed by atoms with van der Waals surface area (Å²) in [6, 6.07) is 0.145. The van der Waals surface area contributed by atoms with Crippen LogP contribution in [-0.4, -0.2) is 63.0 Å². The zero-order chi connectivity index (χ0) is 15.6. The molecular formula is C13H27N3O3S. The van der Waals surface area contributed by atoms with E-state index in [-0.39, 0.29) is 23.6 Å². The second-order valence-electron chi connectivity index (χ2n) is 6.28. The van der Waals surface area contributed by atoms with Gasteiger partial charge in [-0.15, -0.1) is 0 Å². The van der Waals surface area contributed by atoms with Gasteiger partial charge >= 0.3 is 0 Å². The number of rotatable bonds is 9. The first-order valence-electron chi connectivity index (χ1n) is 7.00. The maximum absolute atomic E-state index is 12.0. The molecule has 0 bridgehead atoms. The molecule has 1 rings (SSSR count). The van der Waals surface area contributed by atoms with E-state index in [1.54, 1.807) is 0 Å². The van der Waals surface area contributed by atoms with Gasteiger partial charge in [0.2, 0.25) is 5.91 Å². The molecule has 0 aromatic carbocycles. The van der Waals surface area contributed by atoms with Crippen molar-refractivity contribution in [2.24, 2.45) is 11.7 Å². The molecule has 0 spiro atoms. The molecule has 0 aliphatic heterocycles. The number of carbonyl (C=O) groups excluding carboxylic acids is 1. The van der Waals surface area contributed by atoms with Gasteiger partial charge in [-0.3, -0.25) is 10.1 Å². The van der Waals surface area contributed by atoms with Crippen LogP contribution in [-0.2, 0) is 14.6 Å². The van der Waals surface area contributed by atoms with Crippen LogP contribution >= 0.6 is 0 Å². The van der Waals surface area contributed by atoms with Crippen LogP contribution in [0.1, 0.15) is 26.7 Å². The number of nitrogens with zero attached hydrogens (tertiary/aromatic N) is 1. The molecule has 0 aromatic rings. The van der Waals surface area contributed by atoms with Gasteiger partial charge in [0.15, 0.2) is 0 Å². The third kappa shape index (κ3) is 5.03. The van der Waals surface area contributed by atoms with E-state index in [4.69, 9.17) is 5.73 Å². The number of sulfone groups is 1. The van der Waals surface area contributed by atoms with Gasteiger partial charge in [-0.2, -0.15) is 0 Å². The Balaban J connectivity index is 2.76. The fourth-order valence-electron chi connectivity index (χ4n) is 2.56. The van der Waals surface area contributed by atoms with E-state index in [1.165, 1.54) is 6.26 Å². The van der Waals surface area contributed by atoms with Crippen LogP contribution in [0.3, 0.4) is 0 Å². The summed E-state index contributed by atoms with van der Waals surface area (Å²) in [6.07, 6.45) is 3.20. The van der Waals surface area contributed by atoms with Crippen molar-refractivity contribution in [3.63, 3.8) is 0 Å². The molecule has 0 aromatic heterocycles. The van der Waals surface area contributed by atoms with E-state index < -0.39 is 15.4 Å². The average Bonchev–Trinajstić information content (AvgIpc) is 3.07. The van der Waals surface area contributed by atoms with E-state index in [2.05, 4.69) is 5.32 Å². The van der Waals surface area contributed by atoms with E-state index in [0.717, 1.165) is 12.8 Å². The van der Waals surface area contributed by atoms with Gasteiger partial charge in [0, 0.05) is 25.4 Å². The minimum absolute atomic E-state index is 0.0880. The second-order valence-corrected chi connectivity index (χ2v) is 8.54. The van der Waals surface area contributed by atoms with Crippen LogP contribution in [0.25, 0.3) is 0 Å². The molecule has 0 heterocycles. The third-order valence-corrected chi connectivity index (χ3v) is 4.55. The number of hydrogen-bond donors (Lipinski definition) is 2. The lowest BCUT2D eigenvalue weighted by Crippen LogP contribution is -2.64. The van der Waals surface area contributed by atoms with Crippen LogP contribution in [0.15, 0.2) is 0 Å². The quantitative estimate of drug-likeness (QED) is 0.604. The maximum Gasteiger partial charge on any atom is 0.239 e.